The number of rotatable bonds is 3. The third-order valence-electron chi connectivity index (χ3n) is 5.68. The summed E-state index contributed by atoms with van der Waals surface area (Å²) in [7, 11) is 3.59. The van der Waals surface area contributed by atoms with Crippen molar-refractivity contribution in [1.82, 2.24) is 15.2 Å². The highest BCUT2D eigenvalue weighted by molar-refractivity contribution is 6.30. The van der Waals surface area contributed by atoms with Crippen LogP contribution in [0, 0.1) is 5.41 Å². The Hall–Kier alpha value is -2.63. The molecular formula is C20H23BN4O. The van der Waals surface area contributed by atoms with Crippen LogP contribution < -0.4 is 10.9 Å². The number of benzene rings is 1. The molecule has 1 aromatic carbocycles. The van der Waals surface area contributed by atoms with Crippen LogP contribution in [-0.2, 0) is 10.3 Å². The van der Waals surface area contributed by atoms with Gasteiger partial charge in [-0.3, -0.25) is 20.1 Å². The first kappa shape index (κ1) is 16.8. The highest BCUT2D eigenvalue weighted by atomic mass is 16.2. The summed E-state index contributed by atoms with van der Waals surface area (Å²) in [6, 6.07) is 12.4. The molecule has 132 valence electrons. The molecule has 1 aromatic heterocycles. The number of likely N-dealkylation sites (N-methyl/N-ethyl adjacent to an activating group) is 1. The van der Waals surface area contributed by atoms with Gasteiger partial charge >= 0.3 is 0 Å². The number of carbonyl (C=O) groups is 1. The molecule has 2 aromatic rings. The fraction of sp³-hybridized carbons (Fsp3) is 0.350. The van der Waals surface area contributed by atoms with Crippen molar-refractivity contribution in [3.05, 3.63) is 59.3 Å². The van der Waals surface area contributed by atoms with Crippen LogP contribution in [0.1, 0.15) is 48.3 Å². The second kappa shape index (κ2) is 5.97. The van der Waals surface area contributed by atoms with Gasteiger partial charge in [0.25, 0.3) is 0 Å². The number of nitrogens with zero attached hydrogens (tertiary/aromatic N) is 2. The molecular weight excluding hydrogens is 323 g/mol. The number of amides is 1. The Balaban J connectivity index is 1.80. The largest absolute Gasteiger partial charge is 0.346 e. The van der Waals surface area contributed by atoms with E-state index in [0.29, 0.717) is 5.92 Å². The van der Waals surface area contributed by atoms with Gasteiger partial charge in [-0.2, -0.15) is 0 Å². The zero-order valence-corrected chi connectivity index (χ0v) is 15.4. The van der Waals surface area contributed by atoms with E-state index in [0.717, 1.165) is 16.7 Å². The van der Waals surface area contributed by atoms with Gasteiger partial charge in [0.1, 0.15) is 0 Å². The van der Waals surface area contributed by atoms with Gasteiger partial charge in [0.15, 0.2) is 13.8 Å². The van der Waals surface area contributed by atoms with E-state index in [1.807, 2.05) is 26.9 Å². The second-order valence-corrected chi connectivity index (χ2v) is 7.63. The number of guanidine groups is 1. The van der Waals surface area contributed by atoms with E-state index < -0.39 is 11.5 Å². The lowest BCUT2D eigenvalue weighted by molar-refractivity contribution is -0.131. The number of pyridine rings is 1. The van der Waals surface area contributed by atoms with Crippen molar-refractivity contribution in [3.63, 3.8) is 0 Å². The maximum atomic E-state index is 13.2. The SMILES string of the molecule is Bc1cc([C@@]2(C)NC(=N)N(C)C(=O)[C@@H]2c2ccc(C3CC3)cc2)ccn1. The third-order valence-corrected chi connectivity index (χ3v) is 5.68. The lowest BCUT2D eigenvalue weighted by atomic mass is 9.73. The van der Waals surface area contributed by atoms with Crippen LogP contribution in [0.15, 0.2) is 42.6 Å². The summed E-state index contributed by atoms with van der Waals surface area (Å²) >= 11 is 0. The molecule has 26 heavy (non-hydrogen) atoms. The minimum Gasteiger partial charge on any atom is -0.346 e. The van der Waals surface area contributed by atoms with E-state index >= 15 is 0 Å². The number of aromatic nitrogens is 1. The molecule has 2 atom stereocenters. The maximum absolute atomic E-state index is 13.2. The minimum atomic E-state index is -0.699. The Kier molecular flexibility index (Phi) is 3.86. The molecule has 5 nitrogen and oxygen atoms in total. The first-order chi connectivity index (χ1) is 12.4. The highest BCUT2D eigenvalue weighted by Crippen LogP contribution is 2.43. The van der Waals surface area contributed by atoms with Crippen LogP contribution in [0.4, 0.5) is 0 Å². The van der Waals surface area contributed by atoms with E-state index in [2.05, 4.69) is 34.6 Å². The van der Waals surface area contributed by atoms with Crippen LogP contribution in [0.5, 0.6) is 0 Å². The molecule has 0 unspecified atom stereocenters. The molecule has 0 radical (unpaired) electrons. The number of hydrogen-bond acceptors (Lipinski definition) is 3. The van der Waals surface area contributed by atoms with E-state index in [-0.39, 0.29) is 11.9 Å². The van der Waals surface area contributed by atoms with Gasteiger partial charge in [0.2, 0.25) is 5.91 Å². The standard InChI is InChI=1S/C20H23BN4O/c1-20(15-9-10-23-16(21)11-15)17(18(26)25(2)19(22)24-20)14-7-5-13(6-8-14)12-3-4-12/h5-12,17H,3-4,21H2,1-2H3,(H2,22,24)/t17-,20+/m0/s1. The molecule has 1 aliphatic heterocycles. The second-order valence-electron chi connectivity index (χ2n) is 7.63. The van der Waals surface area contributed by atoms with Crippen LogP contribution in [0.3, 0.4) is 0 Å². The fourth-order valence-corrected chi connectivity index (χ4v) is 3.91. The molecule has 4 rings (SSSR count). The van der Waals surface area contributed by atoms with E-state index in [1.54, 1.807) is 13.2 Å². The first-order valence-electron chi connectivity index (χ1n) is 9.07. The Labute approximate surface area is 154 Å². The smallest absolute Gasteiger partial charge is 0.239 e. The summed E-state index contributed by atoms with van der Waals surface area (Å²) in [4.78, 5) is 18.8. The molecule has 2 fully saturated rings. The molecule has 0 spiro atoms. The molecule has 1 saturated heterocycles. The summed E-state index contributed by atoms with van der Waals surface area (Å²) in [6.07, 6.45) is 4.28. The Morgan fingerprint density at radius 2 is 1.88 bits per heavy atom. The number of hydrogen-bond donors (Lipinski definition) is 2. The van der Waals surface area contributed by atoms with Crippen molar-refractivity contribution in [3.8, 4) is 0 Å². The van der Waals surface area contributed by atoms with Crippen molar-refractivity contribution < 1.29 is 4.79 Å². The average Bonchev–Trinajstić information content (AvgIpc) is 3.46. The molecule has 1 aliphatic carbocycles. The van der Waals surface area contributed by atoms with Gasteiger partial charge in [-0.15, -0.1) is 0 Å². The third kappa shape index (κ3) is 2.70. The van der Waals surface area contributed by atoms with Crippen LogP contribution >= 0.6 is 0 Å². The van der Waals surface area contributed by atoms with Crippen LogP contribution in [0.2, 0.25) is 0 Å². The predicted octanol–water partition coefficient (Wildman–Crippen LogP) is 1.21. The van der Waals surface area contributed by atoms with Gasteiger partial charge in [-0.05, 0) is 60.1 Å². The van der Waals surface area contributed by atoms with Crippen LogP contribution in [-0.4, -0.2) is 36.6 Å². The van der Waals surface area contributed by atoms with Crippen molar-refractivity contribution in [1.29, 1.82) is 5.41 Å². The van der Waals surface area contributed by atoms with E-state index in [9.17, 15) is 4.79 Å². The maximum Gasteiger partial charge on any atom is 0.239 e. The topological polar surface area (TPSA) is 69.1 Å². The number of carbonyl (C=O) groups excluding carboxylic acids is 1. The number of nitrogens with one attached hydrogen (secondary N) is 2. The lowest BCUT2D eigenvalue weighted by Crippen LogP contribution is -2.62. The zero-order valence-electron chi connectivity index (χ0n) is 15.4. The highest BCUT2D eigenvalue weighted by Gasteiger charge is 2.48. The van der Waals surface area contributed by atoms with Crippen molar-refractivity contribution in [2.24, 2.45) is 0 Å². The molecule has 2 N–H and O–H groups in total. The van der Waals surface area contributed by atoms with Gasteiger partial charge in [0.05, 0.1) is 11.5 Å². The van der Waals surface area contributed by atoms with Gasteiger partial charge in [-0.25, -0.2) is 0 Å². The first-order valence-corrected chi connectivity index (χ1v) is 9.07. The van der Waals surface area contributed by atoms with Gasteiger partial charge < -0.3 is 5.32 Å². The molecule has 2 aliphatic rings. The Morgan fingerprint density at radius 3 is 2.50 bits per heavy atom. The van der Waals surface area contributed by atoms with Crippen LogP contribution in [0.25, 0.3) is 0 Å². The van der Waals surface area contributed by atoms with E-state index in [4.69, 9.17) is 5.41 Å². The molecule has 6 heteroatoms. The molecule has 1 amide bonds. The summed E-state index contributed by atoms with van der Waals surface area (Å²) in [5.41, 5.74) is 3.49. The summed E-state index contributed by atoms with van der Waals surface area (Å²) < 4.78 is 0. The average molecular weight is 346 g/mol. The molecule has 2 heterocycles. The minimum absolute atomic E-state index is 0.0649. The van der Waals surface area contributed by atoms with E-state index in [1.165, 1.54) is 23.3 Å². The summed E-state index contributed by atoms with van der Waals surface area (Å²) in [5.74, 6) is 0.341. The predicted molar refractivity (Wildman–Crippen MR) is 105 cm³/mol. The fourth-order valence-electron chi connectivity index (χ4n) is 3.91. The van der Waals surface area contributed by atoms with Crippen molar-refractivity contribution in [2.75, 3.05) is 7.05 Å². The van der Waals surface area contributed by atoms with Gasteiger partial charge in [-0.1, -0.05) is 24.3 Å². The monoisotopic (exact) mass is 346 g/mol. The quantitative estimate of drug-likeness (QED) is 0.821. The summed E-state index contributed by atoms with van der Waals surface area (Å²) in [6.45, 7) is 2.00. The molecule has 0 bridgehead atoms. The van der Waals surface area contributed by atoms with Crippen molar-refractivity contribution >= 4 is 25.3 Å². The van der Waals surface area contributed by atoms with Gasteiger partial charge in [0, 0.05) is 13.2 Å². The lowest BCUT2D eigenvalue weighted by Gasteiger charge is -2.46. The molecule has 1 saturated carbocycles. The van der Waals surface area contributed by atoms with Crippen molar-refractivity contribution in [2.45, 2.75) is 37.1 Å². The summed E-state index contributed by atoms with van der Waals surface area (Å²) in [5, 5.41) is 11.5. The Morgan fingerprint density at radius 1 is 1.23 bits per heavy atom. The zero-order chi connectivity index (χ0) is 18.5. The normalized spacial score (nSPS) is 25.9. The Bertz CT molecular complexity index is 878.